The van der Waals surface area contributed by atoms with Gasteiger partial charge in [-0.1, -0.05) is 27.7 Å². The number of ether oxygens (including phenoxy) is 1. The number of halogens is 1. The van der Waals surface area contributed by atoms with E-state index in [0.717, 1.165) is 44.6 Å². The van der Waals surface area contributed by atoms with Crippen LogP contribution in [0.1, 0.15) is 41.0 Å². The van der Waals surface area contributed by atoms with E-state index in [4.69, 9.17) is 14.9 Å². The lowest BCUT2D eigenvalue weighted by molar-refractivity contribution is -0.0773. The van der Waals surface area contributed by atoms with Crippen LogP contribution in [0.4, 0.5) is 4.39 Å². The van der Waals surface area contributed by atoms with Crippen LogP contribution in [0.2, 0.25) is 0 Å². The first-order valence-electron chi connectivity index (χ1n) is 7.34. The molecule has 5 heteroatoms. The van der Waals surface area contributed by atoms with Crippen molar-refractivity contribution in [1.29, 1.82) is 0 Å². The van der Waals surface area contributed by atoms with Gasteiger partial charge >= 0.3 is 0 Å². The smallest absolute Gasteiger partial charge is 0.148 e. The molecule has 20 heavy (non-hydrogen) atoms. The minimum Gasteiger partial charge on any atom is -0.378 e. The summed E-state index contributed by atoms with van der Waals surface area (Å²) in [5.74, 6) is 0. The molecule has 2 fully saturated rings. The second-order valence-electron chi connectivity index (χ2n) is 5.56. The predicted molar refractivity (Wildman–Crippen MR) is 79.0 cm³/mol. The normalized spacial score (nSPS) is 24.4. The van der Waals surface area contributed by atoms with Gasteiger partial charge in [-0.05, 0) is 18.9 Å². The Morgan fingerprint density at radius 1 is 1.35 bits per heavy atom. The fraction of sp³-hybridized carbons (Fsp3) is 0.867. The molecule has 0 amide bonds. The Labute approximate surface area is 122 Å². The van der Waals surface area contributed by atoms with Gasteiger partial charge in [0.25, 0.3) is 0 Å². The number of piperidine rings is 1. The molecule has 0 radical (unpaired) electrons. The standard InChI is InChI=1S/C11H18FNO.C2H6O2.C2H6/c1-11(2)8-13(10-6-14-7-10)4-3-9(11)5-12;1-2(3)4;1-2/h5,10H,3-4,6-8H2,1-2H3;2-4H,1H3;1-2H3/b9-5+;;. The van der Waals surface area contributed by atoms with E-state index in [1.54, 1.807) is 0 Å². The van der Waals surface area contributed by atoms with Crippen LogP contribution in [-0.2, 0) is 4.74 Å². The molecule has 4 nitrogen and oxygen atoms in total. The van der Waals surface area contributed by atoms with Gasteiger partial charge in [-0.25, -0.2) is 4.39 Å². The molecule has 0 aromatic carbocycles. The number of likely N-dealkylation sites (tertiary alicyclic amines) is 1. The van der Waals surface area contributed by atoms with Gasteiger partial charge in [0.2, 0.25) is 0 Å². The zero-order chi connectivity index (χ0) is 15.8. The predicted octanol–water partition coefficient (Wildman–Crippen LogP) is 2.31. The summed E-state index contributed by atoms with van der Waals surface area (Å²) in [7, 11) is 0. The van der Waals surface area contributed by atoms with Crippen molar-refractivity contribution < 1.29 is 19.3 Å². The summed E-state index contributed by atoms with van der Waals surface area (Å²) in [6.45, 7) is 13.1. The van der Waals surface area contributed by atoms with Gasteiger partial charge in [0.1, 0.15) is 6.29 Å². The third-order valence-electron chi connectivity index (χ3n) is 3.40. The molecule has 0 spiro atoms. The van der Waals surface area contributed by atoms with E-state index in [0.29, 0.717) is 6.04 Å². The van der Waals surface area contributed by atoms with Gasteiger partial charge in [0.05, 0.1) is 25.6 Å². The summed E-state index contributed by atoms with van der Waals surface area (Å²) in [6, 6.07) is 0.579. The van der Waals surface area contributed by atoms with Crippen LogP contribution in [0.15, 0.2) is 11.9 Å². The van der Waals surface area contributed by atoms with Crippen molar-refractivity contribution in [2.75, 3.05) is 26.3 Å². The quantitative estimate of drug-likeness (QED) is 0.728. The third kappa shape index (κ3) is 6.31. The first-order chi connectivity index (χ1) is 9.36. The lowest BCUT2D eigenvalue weighted by Crippen LogP contribution is -2.54. The fourth-order valence-corrected chi connectivity index (χ4v) is 2.24. The summed E-state index contributed by atoms with van der Waals surface area (Å²) in [5, 5.41) is 15.2. The number of nitrogens with zero attached hydrogens (tertiary/aromatic N) is 1. The Balaban J connectivity index is 0.000000521. The SMILES string of the molecule is CC.CC(O)O.CC1(C)CN(C2COC2)CC/C1=C\F. The molecule has 0 aliphatic carbocycles. The Hall–Kier alpha value is -0.490. The highest BCUT2D eigenvalue weighted by atomic mass is 19.1. The molecule has 2 rings (SSSR count). The van der Waals surface area contributed by atoms with E-state index in [1.165, 1.54) is 6.92 Å². The van der Waals surface area contributed by atoms with Crippen LogP contribution in [0.3, 0.4) is 0 Å². The monoisotopic (exact) mass is 291 g/mol. The van der Waals surface area contributed by atoms with E-state index in [9.17, 15) is 4.39 Å². The molecular formula is C15H30FNO3. The zero-order valence-corrected chi connectivity index (χ0v) is 13.4. The highest BCUT2D eigenvalue weighted by molar-refractivity contribution is 5.14. The van der Waals surface area contributed by atoms with Crippen molar-refractivity contribution in [2.24, 2.45) is 5.41 Å². The fourth-order valence-electron chi connectivity index (χ4n) is 2.24. The molecule has 0 aromatic rings. The van der Waals surface area contributed by atoms with Crippen LogP contribution in [0.25, 0.3) is 0 Å². The summed E-state index contributed by atoms with van der Waals surface area (Å²) in [6.07, 6.45) is 0.495. The minimum atomic E-state index is -1.17. The molecule has 0 saturated carbocycles. The van der Waals surface area contributed by atoms with Crippen molar-refractivity contribution in [3.8, 4) is 0 Å². The Morgan fingerprint density at radius 3 is 2.15 bits per heavy atom. The molecule has 0 bridgehead atoms. The van der Waals surface area contributed by atoms with Gasteiger partial charge in [0, 0.05) is 18.5 Å². The number of aliphatic hydroxyl groups is 2. The molecule has 2 N–H and O–H groups in total. The van der Waals surface area contributed by atoms with E-state index in [1.807, 2.05) is 13.8 Å². The van der Waals surface area contributed by atoms with Crippen LogP contribution in [0, 0.1) is 5.41 Å². The first-order valence-corrected chi connectivity index (χ1v) is 7.34. The molecule has 2 aliphatic rings. The highest BCUT2D eigenvalue weighted by Gasteiger charge is 2.36. The van der Waals surface area contributed by atoms with Crippen molar-refractivity contribution in [3.05, 3.63) is 11.9 Å². The molecule has 2 heterocycles. The van der Waals surface area contributed by atoms with Crippen molar-refractivity contribution in [3.63, 3.8) is 0 Å². The largest absolute Gasteiger partial charge is 0.378 e. The summed E-state index contributed by atoms with van der Waals surface area (Å²) < 4.78 is 17.8. The minimum absolute atomic E-state index is 0.0113. The maximum absolute atomic E-state index is 12.6. The van der Waals surface area contributed by atoms with E-state index < -0.39 is 6.29 Å². The van der Waals surface area contributed by atoms with Crippen molar-refractivity contribution >= 4 is 0 Å². The second kappa shape index (κ2) is 9.45. The van der Waals surface area contributed by atoms with Crippen LogP contribution in [0.5, 0.6) is 0 Å². The van der Waals surface area contributed by atoms with E-state index >= 15 is 0 Å². The molecule has 0 aromatic heterocycles. The van der Waals surface area contributed by atoms with Crippen LogP contribution in [-0.4, -0.2) is 53.7 Å². The number of hydrogen-bond donors (Lipinski definition) is 2. The number of hydrogen-bond acceptors (Lipinski definition) is 4. The summed E-state index contributed by atoms with van der Waals surface area (Å²) in [4.78, 5) is 2.43. The third-order valence-corrected chi connectivity index (χ3v) is 3.40. The average Bonchev–Trinajstić information content (AvgIpc) is 2.27. The Morgan fingerprint density at radius 2 is 1.85 bits per heavy atom. The molecule has 2 aliphatic heterocycles. The Bertz CT molecular complexity index is 286. The Kier molecular flexibility index (Phi) is 9.22. The number of rotatable bonds is 1. The van der Waals surface area contributed by atoms with E-state index in [-0.39, 0.29) is 5.41 Å². The maximum Gasteiger partial charge on any atom is 0.148 e. The van der Waals surface area contributed by atoms with Crippen LogP contribution < -0.4 is 0 Å². The van der Waals surface area contributed by atoms with E-state index in [2.05, 4.69) is 18.7 Å². The number of aliphatic hydroxyl groups excluding tert-OH is 1. The highest BCUT2D eigenvalue weighted by Crippen LogP contribution is 2.35. The maximum atomic E-state index is 12.6. The lowest BCUT2D eigenvalue weighted by Gasteiger charge is -2.46. The topological polar surface area (TPSA) is 52.9 Å². The lowest BCUT2D eigenvalue weighted by atomic mass is 9.79. The molecule has 2 saturated heterocycles. The first kappa shape index (κ1) is 19.5. The van der Waals surface area contributed by atoms with Gasteiger partial charge in [-0.15, -0.1) is 0 Å². The van der Waals surface area contributed by atoms with Gasteiger partial charge in [0.15, 0.2) is 0 Å². The average molecular weight is 291 g/mol. The van der Waals surface area contributed by atoms with Crippen molar-refractivity contribution in [2.45, 2.75) is 53.4 Å². The van der Waals surface area contributed by atoms with Crippen molar-refractivity contribution in [1.82, 2.24) is 4.90 Å². The second-order valence-corrected chi connectivity index (χ2v) is 5.56. The molecule has 0 unspecified atom stereocenters. The molecule has 120 valence electrons. The molecular weight excluding hydrogens is 261 g/mol. The zero-order valence-electron chi connectivity index (χ0n) is 13.4. The van der Waals surface area contributed by atoms with Gasteiger partial charge in [-0.2, -0.15) is 0 Å². The van der Waals surface area contributed by atoms with Gasteiger partial charge < -0.3 is 14.9 Å². The van der Waals surface area contributed by atoms with Gasteiger partial charge in [-0.3, -0.25) is 4.90 Å². The summed E-state index contributed by atoms with van der Waals surface area (Å²) >= 11 is 0. The molecule has 0 atom stereocenters. The summed E-state index contributed by atoms with van der Waals surface area (Å²) in [5.41, 5.74) is 0.941. The van der Waals surface area contributed by atoms with Crippen LogP contribution >= 0.6 is 0 Å².